The summed E-state index contributed by atoms with van der Waals surface area (Å²) in [4.78, 5) is 8.82. The summed E-state index contributed by atoms with van der Waals surface area (Å²) in [6.45, 7) is 2.16. The van der Waals surface area contributed by atoms with E-state index in [0.29, 0.717) is 5.69 Å². The Bertz CT molecular complexity index is 458. The first kappa shape index (κ1) is 11.6. The highest BCUT2D eigenvalue weighted by atomic mass is 14.9. The van der Waals surface area contributed by atoms with Crippen LogP contribution in [0.1, 0.15) is 31.9 Å². The number of aromatic nitrogens is 1. The number of pyridine rings is 1. The summed E-state index contributed by atoms with van der Waals surface area (Å²) in [6, 6.07) is 3.55. The minimum Gasteiger partial charge on any atom is -0.404 e. The second-order valence-electron chi connectivity index (χ2n) is 4.71. The minimum atomic E-state index is 0.0919. The van der Waals surface area contributed by atoms with Crippen LogP contribution in [0.3, 0.4) is 0 Å². The Morgan fingerprint density at radius 2 is 2.29 bits per heavy atom. The van der Waals surface area contributed by atoms with Crippen LogP contribution in [-0.2, 0) is 0 Å². The molecule has 1 fully saturated rings. The van der Waals surface area contributed by atoms with Crippen LogP contribution in [0.5, 0.6) is 0 Å². The Labute approximate surface area is 101 Å². The predicted octanol–water partition coefficient (Wildman–Crippen LogP) is 1.98. The SMILES string of the molecule is CC1(N=C/C(=C\N)c2cc(N)ccn2)CCC1. The van der Waals surface area contributed by atoms with Crippen LogP contribution in [0.25, 0.3) is 5.57 Å². The Morgan fingerprint density at radius 3 is 2.82 bits per heavy atom. The van der Waals surface area contributed by atoms with E-state index in [1.807, 2.05) is 0 Å². The lowest BCUT2D eigenvalue weighted by Gasteiger charge is -2.34. The lowest BCUT2D eigenvalue weighted by Crippen LogP contribution is -2.30. The van der Waals surface area contributed by atoms with E-state index in [2.05, 4.69) is 16.9 Å². The highest BCUT2D eigenvalue weighted by Gasteiger charge is 2.30. The fourth-order valence-corrected chi connectivity index (χ4v) is 1.84. The van der Waals surface area contributed by atoms with Gasteiger partial charge in [-0.05, 0) is 38.3 Å². The molecule has 1 aromatic heterocycles. The third-order valence-electron chi connectivity index (χ3n) is 3.21. The maximum absolute atomic E-state index is 5.72. The van der Waals surface area contributed by atoms with Gasteiger partial charge in [-0.1, -0.05) is 0 Å². The minimum absolute atomic E-state index is 0.0919. The number of allylic oxidation sites excluding steroid dienone is 1. The molecule has 0 atom stereocenters. The van der Waals surface area contributed by atoms with Gasteiger partial charge < -0.3 is 11.5 Å². The molecule has 0 spiro atoms. The van der Waals surface area contributed by atoms with Gasteiger partial charge in [0.15, 0.2) is 0 Å². The molecule has 1 aliphatic carbocycles. The maximum atomic E-state index is 5.72. The molecule has 4 N–H and O–H groups in total. The number of anilines is 1. The van der Waals surface area contributed by atoms with Gasteiger partial charge in [0.05, 0.1) is 11.2 Å². The molecular formula is C13H18N4. The molecule has 90 valence electrons. The van der Waals surface area contributed by atoms with Gasteiger partial charge in [0, 0.05) is 29.9 Å². The third-order valence-corrected chi connectivity index (χ3v) is 3.21. The fourth-order valence-electron chi connectivity index (χ4n) is 1.84. The first-order valence-electron chi connectivity index (χ1n) is 5.82. The van der Waals surface area contributed by atoms with E-state index in [0.717, 1.165) is 24.1 Å². The van der Waals surface area contributed by atoms with E-state index >= 15 is 0 Å². The van der Waals surface area contributed by atoms with Gasteiger partial charge in [-0.15, -0.1) is 0 Å². The van der Waals surface area contributed by atoms with Gasteiger partial charge in [0.2, 0.25) is 0 Å². The Kier molecular flexibility index (Phi) is 3.13. The number of hydrogen-bond acceptors (Lipinski definition) is 4. The molecule has 2 rings (SSSR count). The molecule has 0 amide bonds. The first-order valence-corrected chi connectivity index (χ1v) is 5.82. The van der Waals surface area contributed by atoms with Crippen molar-refractivity contribution in [1.82, 2.24) is 4.98 Å². The number of aliphatic imine (C=N–C) groups is 1. The van der Waals surface area contributed by atoms with Crippen LogP contribution in [-0.4, -0.2) is 16.7 Å². The Hall–Kier alpha value is -1.84. The van der Waals surface area contributed by atoms with Gasteiger partial charge in [0.1, 0.15) is 0 Å². The third kappa shape index (κ3) is 2.64. The van der Waals surface area contributed by atoms with Gasteiger partial charge >= 0.3 is 0 Å². The average molecular weight is 230 g/mol. The van der Waals surface area contributed by atoms with Crippen molar-refractivity contribution in [3.8, 4) is 0 Å². The fraction of sp³-hybridized carbons (Fsp3) is 0.385. The van der Waals surface area contributed by atoms with Gasteiger partial charge in [-0.25, -0.2) is 0 Å². The van der Waals surface area contributed by atoms with E-state index in [9.17, 15) is 0 Å². The number of nitrogen functional groups attached to an aromatic ring is 1. The summed E-state index contributed by atoms with van der Waals surface area (Å²) >= 11 is 0. The highest BCUT2D eigenvalue weighted by molar-refractivity contribution is 6.09. The van der Waals surface area contributed by atoms with Crippen LogP contribution in [0.4, 0.5) is 5.69 Å². The van der Waals surface area contributed by atoms with Crippen molar-refractivity contribution in [3.05, 3.63) is 30.2 Å². The summed E-state index contributed by atoms with van der Waals surface area (Å²) in [5, 5.41) is 0. The van der Waals surface area contributed by atoms with Crippen molar-refractivity contribution < 1.29 is 0 Å². The molecule has 1 heterocycles. The quantitative estimate of drug-likeness (QED) is 0.779. The molecule has 1 aliphatic rings. The van der Waals surface area contributed by atoms with Crippen molar-refractivity contribution in [2.45, 2.75) is 31.7 Å². The van der Waals surface area contributed by atoms with Gasteiger partial charge in [-0.3, -0.25) is 9.98 Å². The average Bonchev–Trinajstić information content (AvgIpc) is 2.28. The van der Waals surface area contributed by atoms with E-state index in [1.54, 1.807) is 24.5 Å². The number of hydrogen-bond donors (Lipinski definition) is 2. The molecule has 1 aromatic rings. The normalized spacial score (nSPS) is 19.2. The molecule has 0 saturated heterocycles. The van der Waals surface area contributed by atoms with Gasteiger partial charge in [-0.2, -0.15) is 0 Å². The summed E-state index contributed by atoms with van der Waals surface area (Å²) < 4.78 is 0. The maximum Gasteiger partial charge on any atom is 0.0752 e. The predicted molar refractivity (Wildman–Crippen MR) is 71.6 cm³/mol. The lowest BCUT2D eigenvalue weighted by molar-refractivity contribution is 0.281. The topological polar surface area (TPSA) is 77.3 Å². The second kappa shape index (κ2) is 4.57. The molecule has 0 aliphatic heterocycles. The molecule has 0 unspecified atom stereocenters. The van der Waals surface area contributed by atoms with E-state index in [4.69, 9.17) is 11.5 Å². The zero-order chi connectivity index (χ0) is 12.3. The van der Waals surface area contributed by atoms with Crippen molar-refractivity contribution in [3.63, 3.8) is 0 Å². The standard InChI is InChI=1S/C13H18N4/c1-13(4-2-5-13)17-9-10(8-14)12-7-11(15)3-6-16-12/h3,6-9H,2,4-5,14H2,1H3,(H2,15,16)/b10-8+,17-9?. The molecular weight excluding hydrogens is 212 g/mol. The zero-order valence-corrected chi connectivity index (χ0v) is 10.1. The van der Waals surface area contributed by atoms with Crippen molar-refractivity contribution in [2.75, 3.05) is 5.73 Å². The van der Waals surface area contributed by atoms with Crippen molar-refractivity contribution in [2.24, 2.45) is 10.7 Å². The lowest BCUT2D eigenvalue weighted by atomic mass is 9.79. The Morgan fingerprint density at radius 1 is 1.53 bits per heavy atom. The Balaban J connectivity index is 2.17. The summed E-state index contributed by atoms with van der Waals surface area (Å²) in [5.41, 5.74) is 13.7. The van der Waals surface area contributed by atoms with Crippen LogP contribution < -0.4 is 11.5 Å². The summed E-state index contributed by atoms with van der Waals surface area (Å²) in [6.07, 6.45) is 8.55. The molecule has 17 heavy (non-hydrogen) atoms. The van der Waals surface area contributed by atoms with Crippen LogP contribution in [0.15, 0.2) is 29.5 Å². The molecule has 0 aromatic carbocycles. The number of rotatable bonds is 3. The zero-order valence-electron chi connectivity index (χ0n) is 10.1. The molecule has 0 radical (unpaired) electrons. The second-order valence-corrected chi connectivity index (χ2v) is 4.71. The first-order chi connectivity index (χ1) is 8.13. The van der Waals surface area contributed by atoms with E-state index < -0.39 is 0 Å². The van der Waals surface area contributed by atoms with E-state index in [1.165, 1.54) is 12.6 Å². The van der Waals surface area contributed by atoms with Crippen molar-refractivity contribution >= 4 is 17.5 Å². The van der Waals surface area contributed by atoms with Crippen LogP contribution in [0, 0.1) is 0 Å². The molecule has 0 bridgehead atoms. The van der Waals surface area contributed by atoms with E-state index in [-0.39, 0.29) is 5.54 Å². The highest BCUT2D eigenvalue weighted by Crippen LogP contribution is 2.35. The number of nitrogens with zero attached hydrogens (tertiary/aromatic N) is 2. The summed E-state index contributed by atoms with van der Waals surface area (Å²) in [7, 11) is 0. The molecule has 4 nitrogen and oxygen atoms in total. The van der Waals surface area contributed by atoms with Crippen LogP contribution >= 0.6 is 0 Å². The largest absolute Gasteiger partial charge is 0.404 e. The molecule has 1 saturated carbocycles. The van der Waals surface area contributed by atoms with Gasteiger partial charge in [0.25, 0.3) is 0 Å². The monoisotopic (exact) mass is 230 g/mol. The van der Waals surface area contributed by atoms with Crippen molar-refractivity contribution in [1.29, 1.82) is 0 Å². The molecule has 4 heteroatoms. The smallest absolute Gasteiger partial charge is 0.0752 e. The summed E-state index contributed by atoms with van der Waals surface area (Å²) in [5.74, 6) is 0. The van der Waals surface area contributed by atoms with Crippen LogP contribution in [0.2, 0.25) is 0 Å². The number of nitrogens with two attached hydrogens (primary N) is 2.